The van der Waals surface area contributed by atoms with Crippen LogP contribution in [-0.4, -0.2) is 91.9 Å². The van der Waals surface area contributed by atoms with E-state index in [1.54, 1.807) is 30.2 Å². The number of urea groups is 1. The van der Waals surface area contributed by atoms with Crippen LogP contribution in [0.1, 0.15) is 17.2 Å². The smallest absolute Gasteiger partial charge is 0.410 e. The van der Waals surface area contributed by atoms with Crippen molar-refractivity contribution in [1.82, 2.24) is 14.7 Å². The van der Waals surface area contributed by atoms with Crippen LogP contribution in [0.25, 0.3) is 5.57 Å². The Morgan fingerprint density at radius 3 is 2.64 bits per heavy atom. The number of ether oxygens (including phenoxy) is 1. The number of hydrogen-bond acceptors (Lipinski definition) is 4. The van der Waals surface area contributed by atoms with E-state index in [9.17, 15) is 23.5 Å². The van der Waals surface area contributed by atoms with Crippen LogP contribution in [0, 0.1) is 11.6 Å². The Balaban J connectivity index is 1.45. The average Bonchev–Trinajstić information content (AvgIpc) is 3.30. The first kappa shape index (κ1) is 25.4. The van der Waals surface area contributed by atoms with E-state index in [0.29, 0.717) is 24.2 Å². The largest absolute Gasteiger partial charge is 0.508 e. The second-order valence-corrected chi connectivity index (χ2v) is 9.25. The molecule has 8 nitrogen and oxygen atoms in total. The number of nitrogens with one attached hydrogen (secondary N) is 1. The number of carbonyl (C=O) groups is 2. The van der Waals surface area contributed by atoms with Crippen LogP contribution in [0.4, 0.5) is 18.4 Å². The van der Waals surface area contributed by atoms with Crippen molar-refractivity contribution in [2.45, 2.75) is 6.04 Å². The zero-order valence-electron chi connectivity index (χ0n) is 20.4. The number of amides is 3. The standard InChI is InChI=1S/C26H30F2N4O4/c1-29-8-10-31(11-9-29)26(35)36-13-12-30(2)25(34)32-17-19(22-16-20(27)6-7-23(22)28)15-24(32)18-4-3-5-21(33)14-18/h3-7,14-16,24,33H,8-13,17H2,1-2H3/p+1. The molecule has 2 N–H and O–H groups in total. The summed E-state index contributed by atoms with van der Waals surface area (Å²) in [7, 11) is 3.67. The molecule has 1 atom stereocenters. The van der Waals surface area contributed by atoms with E-state index in [2.05, 4.69) is 7.05 Å². The summed E-state index contributed by atoms with van der Waals surface area (Å²) in [6, 6.07) is 8.71. The maximum Gasteiger partial charge on any atom is 0.410 e. The summed E-state index contributed by atoms with van der Waals surface area (Å²) in [5, 5.41) is 9.96. The third kappa shape index (κ3) is 5.76. The van der Waals surface area contributed by atoms with Gasteiger partial charge in [-0.1, -0.05) is 18.2 Å². The van der Waals surface area contributed by atoms with Gasteiger partial charge < -0.3 is 24.5 Å². The van der Waals surface area contributed by atoms with E-state index < -0.39 is 23.8 Å². The SMILES string of the molecule is CN(CCOC(=O)N1CC[NH+](C)CC1)C(=O)N1CC(c2cc(F)ccc2F)=CC1c1cccc(O)c1. The molecule has 2 heterocycles. The lowest BCUT2D eigenvalue weighted by Crippen LogP contribution is -3.12. The predicted octanol–water partition coefficient (Wildman–Crippen LogP) is 2.13. The quantitative estimate of drug-likeness (QED) is 0.658. The Morgan fingerprint density at radius 2 is 1.92 bits per heavy atom. The summed E-state index contributed by atoms with van der Waals surface area (Å²) >= 11 is 0. The molecule has 2 aliphatic rings. The number of nitrogens with zero attached hydrogens (tertiary/aromatic N) is 3. The van der Waals surface area contributed by atoms with Gasteiger partial charge in [0.1, 0.15) is 24.0 Å². The van der Waals surface area contributed by atoms with Crippen LogP contribution in [0.3, 0.4) is 0 Å². The maximum absolute atomic E-state index is 14.5. The van der Waals surface area contributed by atoms with Crippen LogP contribution in [0.15, 0.2) is 48.5 Å². The minimum Gasteiger partial charge on any atom is -0.508 e. The number of carbonyl (C=O) groups excluding carboxylic acids is 2. The van der Waals surface area contributed by atoms with Gasteiger partial charge in [-0.3, -0.25) is 4.90 Å². The van der Waals surface area contributed by atoms with Crippen LogP contribution in [-0.2, 0) is 4.74 Å². The highest BCUT2D eigenvalue weighted by Crippen LogP contribution is 2.37. The summed E-state index contributed by atoms with van der Waals surface area (Å²) in [5.41, 5.74) is 1.18. The number of piperazine rings is 1. The Bertz CT molecular complexity index is 1150. The molecule has 1 unspecified atom stereocenters. The molecule has 2 aromatic carbocycles. The minimum atomic E-state index is -0.597. The fraction of sp³-hybridized carbons (Fsp3) is 0.385. The number of phenols is 1. The number of aromatic hydroxyl groups is 1. The molecule has 0 aromatic heterocycles. The Labute approximate surface area is 208 Å². The molecule has 0 saturated carbocycles. The van der Waals surface area contributed by atoms with Gasteiger partial charge in [-0.25, -0.2) is 18.4 Å². The Hall–Kier alpha value is -3.66. The first-order valence-corrected chi connectivity index (χ1v) is 11.9. The highest BCUT2D eigenvalue weighted by Gasteiger charge is 2.33. The van der Waals surface area contributed by atoms with E-state index in [1.165, 1.54) is 26.8 Å². The second-order valence-electron chi connectivity index (χ2n) is 9.25. The Morgan fingerprint density at radius 1 is 1.17 bits per heavy atom. The lowest BCUT2D eigenvalue weighted by molar-refractivity contribution is -0.883. The Kier molecular flexibility index (Phi) is 7.73. The summed E-state index contributed by atoms with van der Waals surface area (Å²) < 4.78 is 33.7. The molecule has 10 heteroatoms. The zero-order valence-corrected chi connectivity index (χ0v) is 20.4. The molecule has 0 aliphatic carbocycles. The molecule has 1 fully saturated rings. The van der Waals surface area contributed by atoms with E-state index >= 15 is 0 Å². The van der Waals surface area contributed by atoms with Crippen LogP contribution >= 0.6 is 0 Å². The third-order valence-corrected chi connectivity index (χ3v) is 6.62. The molecular weight excluding hydrogens is 470 g/mol. The van der Waals surface area contributed by atoms with Crippen LogP contribution in [0.5, 0.6) is 5.75 Å². The normalized spacial score (nSPS) is 18.2. The first-order valence-electron chi connectivity index (χ1n) is 11.9. The molecule has 192 valence electrons. The van der Waals surface area contributed by atoms with Crippen molar-refractivity contribution in [3.8, 4) is 5.75 Å². The van der Waals surface area contributed by atoms with Gasteiger partial charge in [0.05, 0.1) is 45.8 Å². The topological polar surface area (TPSA) is 77.8 Å². The minimum absolute atomic E-state index is 0.0315. The van der Waals surface area contributed by atoms with Crippen molar-refractivity contribution in [3.63, 3.8) is 0 Å². The summed E-state index contributed by atoms with van der Waals surface area (Å²) in [6.07, 6.45) is 1.31. The molecule has 4 rings (SSSR count). The summed E-state index contributed by atoms with van der Waals surface area (Å²) in [6.45, 7) is 3.22. The highest BCUT2D eigenvalue weighted by molar-refractivity contribution is 5.82. The van der Waals surface area contributed by atoms with Crippen LogP contribution < -0.4 is 4.90 Å². The van der Waals surface area contributed by atoms with E-state index in [-0.39, 0.29) is 37.0 Å². The van der Waals surface area contributed by atoms with Gasteiger partial charge >= 0.3 is 12.1 Å². The molecule has 0 spiro atoms. The predicted molar refractivity (Wildman–Crippen MR) is 129 cm³/mol. The monoisotopic (exact) mass is 501 g/mol. The fourth-order valence-electron chi connectivity index (χ4n) is 4.45. The van der Waals surface area contributed by atoms with E-state index in [4.69, 9.17) is 4.74 Å². The molecular formula is C26H31F2N4O4+. The molecule has 0 bridgehead atoms. The van der Waals surface area contributed by atoms with E-state index in [1.807, 2.05) is 0 Å². The van der Waals surface area contributed by atoms with Crippen molar-refractivity contribution in [2.75, 3.05) is 60.0 Å². The third-order valence-electron chi connectivity index (χ3n) is 6.62. The number of likely N-dealkylation sites (N-methyl/N-ethyl adjacent to an activating group) is 2. The lowest BCUT2D eigenvalue weighted by atomic mass is 10.0. The van der Waals surface area contributed by atoms with Crippen molar-refractivity contribution < 1.29 is 33.1 Å². The second kappa shape index (κ2) is 10.9. The number of benzene rings is 2. The van der Waals surface area contributed by atoms with Gasteiger partial charge in [0.25, 0.3) is 0 Å². The van der Waals surface area contributed by atoms with Crippen molar-refractivity contribution >= 4 is 17.7 Å². The number of quaternary nitrogens is 1. The number of hydrogen-bond donors (Lipinski definition) is 2. The lowest BCUT2D eigenvalue weighted by Gasteiger charge is -2.31. The average molecular weight is 502 g/mol. The van der Waals surface area contributed by atoms with Gasteiger partial charge in [-0.2, -0.15) is 0 Å². The zero-order chi connectivity index (χ0) is 25.8. The van der Waals surface area contributed by atoms with Crippen molar-refractivity contribution in [1.29, 1.82) is 0 Å². The maximum atomic E-state index is 14.5. The molecule has 2 aromatic rings. The highest BCUT2D eigenvalue weighted by atomic mass is 19.1. The molecule has 2 aliphatic heterocycles. The fourth-order valence-corrected chi connectivity index (χ4v) is 4.45. The van der Waals surface area contributed by atoms with Gasteiger partial charge in [-0.05, 0) is 41.5 Å². The van der Waals surface area contributed by atoms with Gasteiger partial charge in [-0.15, -0.1) is 0 Å². The molecule has 36 heavy (non-hydrogen) atoms. The van der Waals surface area contributed by atoms with Crippen molar-refractivity contribution in [2.24, 2.45) is 0 Å². The van der Waals surface area contributed by atoms with Crippen molar-refractivity contribution in [3.05, 3.63) is 71.3 Å². The van der Waals surface area contributed by atoms with Gasteiger partial charge in [0.15, 0.2) is 0 Å². The van der Waals surface area contributed by atoms with E-state index in [0.717, 1.165) is 31.3 Å². The number of rotatable bonds is 5. The molecule has 3 amide bonds. The van der Waals surface area contributed by atoms with Crippen LogP contribution in [0.2, 0.25) is 0 Å². The molecule has 1 saturated heterocycles. The number of halogens is 2. The summed E-state index contributed by atoms with van der Waals surface area (Å²) in [4.78, 5) is 31.7. The first-order chi connectivity index (χ1) is 17.2. The molecule has 0 radical (unpaired) electrons. The van der Waals surface area contributed by atoms with Gasteiger partial charge in [0.2, 0.25) is 0 Å². The number of phenolic OH excluding ortho intramolecular Hbond substituents is 1. The summed E-state index contributed by atoms with van der Waals surface area (Å²) in [5.74, 6) is -1.13. The van der Waals surface area contributed by atoms with Gasteiger partial charge in [0, 0.05) is 19.2 Å².